The zero-order valence-electron chi connectivity index (χ0n) is 36.8. The van der Waals surface area contributed by atoms with E-state index in [0.29, 0.717) is 12.8 Å². The standard InChI is InChI=1S/C43H80O16P2/c1-3-5-7-9-11-13-15-17-18-20-22-24-26-28-30-32-37(45)57-35(33-55-36(44)31-29-27-25-23-21-19-16-14-12-10-8-6-4-2)34-56-61(53,54)59-43-40(48)38(46)39(47)42(41(43)49)58-60(50,51)52/h8,10,14,16,35,38-43,46-49H,3-7,9,11-13,15,17-34H2,1-2H3,(H,53,54)(H2,50,51,52)/t35-,38?,39?,40?,41?,42-,43+/m1/s1. The molecule has 1 saturated carbocycles. The van der Waals surface area contributed by atoms with Gasteiger partial charge in [-0.25, -0.2) is 9.13 Å². The smallest absolute Gasteiger partial charge is 0.462 e. The Kier molecular flexibility index (Phi) is 32.8. The van der Waals surface area contributed by atoms with Gasteiger partial charge < -0.3 is 44.6 Å². The van der Waals surface area contributed by atoms with Crippen LogP contribution in [0.5, 0.6) is 0 Å². The molecule has 0 amide bonds. The average Bonchev–Trinajstić information content (AvgIpc) is 3.21. The summed E-state index contributed by atoms with van der Waals surface area (Å²) in [5, 5.41) is 41.2. The predicted octanol–water partition coefficient (Wildman–Crippen LogP) is 8.17. The minimum Gasteiger partial charge on any atom is -0.462 e. The van der Waals surface area contributed by atoms with Gasteiger partial charge in [0.15, 0.2) is 6.10 Å². The van der Waals surface area contributed by atoms with Crippen molar-refractivity contribution >= 4 is 27.6 Å². The van der Waals surface area contributed by atoms with E-state index in [1.807, 2.05) is 0 Å². The molecule has 0 aromatic rings. The molecule has 1 aliphatic rings. The second-order valence-corrected chi connectivity index (χ2v) is 18.7. The fourth-order valence-corrected chi connectivity index (χ4v) is 8.49. The largest absolute Gasteiger partial charge is 0.472 e. The Hall–Kier alpha value is -1.52. The highest BCUT2D eigenvalue weighted by Crippen LogP contribution is 2.49. The topological polar surface area (TPSA) is 256 Å². The second kappa shape index (κ2) is 34.8. The Morgan fingerprint density at radius 3 is 1.49 bits per heavy atom. The Morgan fingerprint density at radius 1 is 0.525 bits per heavy atom. The molecule has 61 heavy (non-hydrogen) atoms. The number of rotatable bonds is 38. The van der Waals surface area contributed by atoms with E-state index in [0.717, 1.165) is 77.0 Å². The molecule has 0 saturated heterocycles. The summed E-state index contributed by atoms with van der Waals surface area (Å²) in [5.74, 6) is -1.22. The average molecular weight is 915 g/mol. The zero-order valence-corrected chi connectivity index (χ0v) is 38.6. The molecule has 5 unspecified atom stereocenters. The van der Waals surface area contributed by atoms with Crippen LogP contribution in [0.25, 0.3) is 0 Å². The first-order chi connectivity index (χ1) is 29.1. The summed E-state index contributed by atoms with van der Waals surface area (Å²) in [6.45, 7) is 3.03. The monoisotopic (exact) mass is 914 g/mol. The third kappa shape index (κ3) is 29.5. The van der Waals surface area contributed by atoms with Gasteiger partial charge in [-0.15, -0.1) is 0 Å². The number of hydrogen-bond acceptors (Lipinski definition) is 13. The van der Waals surface area contributed by atoms with Gasteiger partial charge in [0.2, 0.25) is 0 Å². The van der Waals surface area contributed by atoms with Crippen LogP contribution in [0.1, 0.15) is 181 Å². The van der Waals surface area contributed by atoms with Gasteiger partial charge in [-0.2, -0.15) is 0 Å². The molecule has 0 spiro atoms. The minimum absolute atomic E-state index is 0.0451. The summed E-state index contributed by atoms with van der Waals surface area (Å²) in [6.07, 6.45) is 20.0. The van der Waals surface area contributed by atoms with Crippen LogP contribution in [-0.2, 0) is 41.8 Å². The van der Waals surface area contributed by atoms with Gasteiger partial charge in [0.05, 0.1) is 6.61 Å². The molecule has 1 fully saturated rings. The van der Waals surface area contributed by atoms with E-state index in [1.54, 1.807) is 0 Å². The van der Waals surface area contributed by atoms with Crippen molar-refractivity contribution in [2.24, 2.45) is 0 Å². The maximum absolute atomic E-state index is 13.0. The third-order valence-corrected chi connectivity index (χ3v) is 12.0. The van der Waals surface area contributed by atoms with Crippen LogP contribution < -0.4 is 0 Å². The number of phosphoric acid groups is 2. The maximum atomic E-state index is 13.0. The van der Waals surface area contributed by atoms with E-state index in [-0.39, 0.29) is 12.8 Å². The van der Waals surface area contributed by atoms with Crippen molar-refractivity contribution in [3.63, 3.8) is 0 Å². The number of hydrogen-bond donors (Lipinski definition) is 7. The highest BCUT2D eigenvalue weighted by Gasteiger charge is 2.54. The quantitative estimate of drug-likeness (QED) is 0.0133. The van der Waals surface area contributed by atoms with Gasteiger partial charge in [0.25, 0.3) is 0 Å². The van der Waals surface area contributed by atoms with Crippen LogP contribution in [0.15, 0.2) is 24.3 Å². The molecule has 0 bridgehead atoms. The van der Waals surface area contributed by atoms with Crippen molar-refractivity contribution in [3.8, 4) is 0 Å². The molecule has 0 radical (unpaired) electrons. The lowest BCUT2D eigenvalue weighted by atomic mass is 9.85. The Morgan fingerprint density at radius 2 is 0.984 bits per heavy atom. The van der Waals surface area contributed by atoms with Gasteiger partial charge in [-0.05, 0) is 38.5 Å². The fourth-order valence-electron chi connectivity index (χ4n) is 6.95. The van der Waals surface area contributed by atoms with Crippen LogP contribution >= 0.6 is 15.6 Å². The van der Waals surface area contributed by atoms with E-state index >= 15 is 0 Å². The van der Waals surface area contributed by atoms with Crippen LogP contribution in [0, 0.1) is 0 Å². The number of phosphoric ester groups is 2. The summed E-state index contributed by atoms with van der Waals surface area (Å²) in [5.41, 5.74) is 0. The van der Waals surface area contributed by atoms with Crippen molar-refractivity contribution in [2.75, 3.05) is 13.2 Å². The number of allylic oxidation sites excluding steroid dienone is 4. The zero-order chi connectivity index (χ0) is 45.4. The number of carbonyl (C=O) groups excluding carboxylic acids is 2. The molecule has 18 heteroatoms. The summed E-state index contributed by atoms with van der Waals surface area (Å²) >= 11 is 0. The minimum atomic E-state index is -5.36. The lowest BCUT2D eigenvalue weighted by Crippen LogP contribution is -2.64. The first-order valence-corrected chi connectivity index (χ1v) is 25.9. The van der Waals surface area contributed by atoms with E-state index in [4.69, 9.17) is 28.3 Å². The number of esters is 2. The third-order valence-electron chi connectivity index (χ3n) is 10.5. The Balaban J connectivity index is 2.61. The van der Waals surface area contributed by atoms with E-state index in [2.05, 4.69) is 42.7 Å². The van der Waals surface area contributed by atoms with Crippen molar-refractivity contribution in [1.29, 1.82) is 0 Å². The first-order valence-electron chi connectivity index (χ1n) is 22.9. The van der Waals surface area contributed by atoms with Gasteiger partial charge in [-0.3, -0.25) is 23.2 Å². The first kappa shape index (κ1) is 57.5. The van der Waals surface area contributed by atoms with E-state index in [9.17, 15) is 44.0 Å². The van der Waals surface area contributed by atoms with Crippen molar-refractivity contribution in [1.82, 2.24) is 0 Å². The summed E-state index contributed by atoms with van der Waals surface area (Å²) in [6, 6.07) is 0. The molecular formula is C43H80O16P2. The number of ether oxygens (including phenoxy) is 2. The molecule has 16 nitrogen and oxygen atoms in total. The maximum Gasteiger partial charge on any atom is 0.472 e. The van der Waals surface area contributed by atoms with Crippen LogP contribution in [0.3, 0.4) is 0 Å². The van der Waals surface area contributed by atoms with Crippen LogP contribution in [0.2, 0.25) is 0 Å². The molecular weight excluding hydrogens is 834 g/mol. The van der Waals surface area contributed by atoms with Gasteiger partial charge in [0.1, 0.15) is 43.2 Å². The lowest BCUT2D eigenvalue weighted by Gasteiger charge is -2.43. The summed E-state index contributed by atoms with van der Waals surface area (Å²) in [7, 11) is -10.7. The molecule has 7 N–H and O–H groups in total. The van der Waals surface area contributed by atoms with Gasteiger partial charge >= 0.3 is 27.6 Å². The van der Waals surface area contributed by atoms with Crippen molar-refractivity contribution in [2.45, 2.75) is 224 Å². The van der Waals surface area contributed by atoms with Crippen molar-refractivity contribution in [3.05, 3.63) is 24.3 Å². The molecule has 0 aromatic carbocycles. The molecule has 1 aliphatic carbocycles. The summed E-state index contributed by atoms with van der Waals surface area (Å²) < 4.78 is 49.3. The molecule has 8 atom stereocenters. The number of unbranched alkanes of at least 4 members (excludes halogenated alkanes) is 20. The Bertz CT molecular complexity index is 1290. The van der Waals surface area contributed by atoms with Gasteiger partial charge in [-0.1, -0.05) is 154 Å². The normalized spacial score (nSPS) is 22.4. The fraction of sp³-hybridized carbons (Fsp3) is 0.860. The van der Waals surface area contributed by atoms with Crippen LogP contribution in [-0.4, -0.2) is 103 Å². The van der Waals surface area contributed by atoms with E-state index < -0.39 is 83.5 Å². The number of aliphatic hydroxyl groups is 4. The molecule has 1 rings (SSSR count). The number of aliphatic hydroxyl groups excluding tert-OH is 4. The lowest BCUT2D eigenvalue weighted by molar-refractivity contribution is -0.216. The molecule has 0 aromatic heterocycles. The second-order valence-electron chi connectivity index (χ2n) is 16.1. The highest BCUT2D eigenvalue weighted by molar-refractivity contribution is 7.47. The summed E-state index contributed by atoms with van der Waals surface area (Å²) in [4.78, 5) is 54.2. The van der Waals surface area contributed by atoms with E-state index in [1.165, 1.54) is 64.2 Å². The predicted molar refractivity (Wildman–Crippen MR) is 232 cm³/mol. The highest BCUT2D eigenvalue weighted by atomic mass is 31.2. The van der Waals surface area contributed by atoms with Crippen molar-refractivity contribution < 1.29 is 76.9 Å². The molecule has 358 valence electrons. The SMILES string of the molecule is CCCC=CCC=CCCCCCCCC(=O)OC[C@H](COP(=O)(O)O[C@H]1C(O)C(O)C(O)[C@@H](OP(=O)(O)O)C1O)OC(=O)CCCCCCCCCCCCCCCCC. The van der Waals surface area contributed by atoms with Crippen LogP contribution in [0.4, 0.5) is 0 Å². The Labute approximate surface area is 364 Å². The van der Waals surface area contributed by atoms with Gasteiger partial charge in [0, 0.05) is 12.8 Å². The molecule has 0 aliphatic heterocycles. The number of carbonyl (C=O) groups is 2. The molecule has 0 heterocycles.